The van der Waals surface area contributed by atoms with Gasteiger partial charge in [0.05, 0.1) is 6.61 Å². The smallest absolute Gasteiger partial charge is 0.0560 e. The van der Waals surface area contributed by atoms with E-state index in [1.807, 2.05) is 7.11 Å². The molecule has 1 fully saturated rings. The normalized spacial score (nSPS) is 19.1. The van der Waals surface area contributed by atoms with Gasteiger partial charge in [0.25, 0.3) is 0 Å². The third kappa shape index (κ3) is 2.76. The van der Waals surface area contributed by atoms with Gasteiger partial charge in [-0.3, -0.25) is 0 Å². The highest BCUT2D eigenvalue weighted by Gasteiger charge is 2.33. The molecule has 0 spiro atoms. The van der Waals surface area contributed by atoms with Crippen molar-refractivity contribution < 1.29 is 4.74 Å². The van der Waals surface area contributed by atoms with Crippen LogP contribution in [-0.2, 0) is 10.2 Å². The highest BCUT2D eigenvalue weighted by molar-refractivity contribution is 5.31. The minimum atomic E-state index is 0.218. The molecule has 1 heterocycles. The van der Waals surface area contributed by atoms with Crippen LogP contribution >= 0.6 is 0 Å². The second-order valence-electron chi connectivity index (χ2n) is 5.74. The van der Waals surface area contributed by atoms with Crippen LogP contribution < -0.4 is 5.32 Å². The van der Waals surface area contributed by atoms with E-state index in [1.54, 1.807) is 0 Å². The lowest BCUT2D eigenvalue weighted by Gasteiger charge is -2.37. The molecule has 2 nitrogen and oxygen atoms in total. The maximum absolute atomic E-state index is 5.49. The zero-order valence-corrected chi connectivity index (χ0v) is 11.8. The fraction of sp³-hybridized carbons (Fsp3) is 0.625. The number of nitrogens with one attached hydrogen (secondary N) is 1. The van der Waals surface area contributed by atoms with Crippen molar-refractivity contribution in [2.75, 3.05) is 26.8 Å². The Labute approximate surface area is 111 Å². The highest BCUT2D eigenvalue weighted by Crippen LogP contribution is 2.34. The summed E-state index contributed by atoms with van der Waals surface area (Å²) in [6.07, 6.45) is 2.34. The first-order chi connectivity index (χ1) is 8.68. The molecule has 0 saturated carbocycles. The van der Waals surface area contributed by atoms with Crippen LogP contribution in [0.1, 0.15) is 43.7 Å². The molecule has 0 aromatic heterocycles. The Morgan fingerprint density at radius 1 is 1.17 bits per heavy atom. The van der Waals surface area contributed by atoms with Crippen molar-refractivity contribution in [2.45, 2.75) is 38.0 Å². The van der Waals surface area contributed by atoms with E-state index in [9.17, 15) is 0 Å². The van der Waals surface area contributed by atoms with Gasteiger partial charge >= 0.3 is 0 Å². The van der Waals surface area contributed by atoms with E-state index >= 15 is 0 Å². The fourth-order valence-corrected chi connectivity index (χ4v) is 2.92. The molecule has 0 aliphatic carbocycles. The Morgan fingerprint density at radius 3 is 2.28 bits per heavy atom. The Bertz CT molecular complexity index is 358. The maximum Gasteiger partial charge on any atom is 0.0560 e. The first-order valence-corrected chi connectivity index (χ1v) is 6.98. The van der Waals surface area contributed by atoms with E-state index in [4.69, 9.17) is 4.74 Å². The summed E-state index contributed by atoms with van der Waals surface area (Å²) in [7, 11) is 1.81. The van der Waals surface area contributed by atoms with Gasteiger partial charge in [0, 0.05) is 12.5 Å². The van der Waals surface area contributed by atoms with E-state index in [2.05, 4.69) is 43.4 Å². The standard InChI is InChI=1S/C16H25NO/c1-13(2)14-4-6-15(7-5-14)16(12-18-3)8-10-17-11-9-16/h4-7,13,17H,8-12H2,1-3H3. The van der Waals surface area contributed by atoms with Crippen molar-refractivity contribution in [2.24, 2.45) is 0 Å². The monoisotopic (exact) mass is 247 g/mol. The van der Waals surface area contributed by atoms with Crippen molar-refractivity contribution in [3.05, 3.63) is 35.4 Å². The highest BCUT2D eigenvalue weighted by atomic mass is 16.5. The molecule has 1 saturated heterocycles. The molecule has 1 aromatic rings. The first kappa shape index (κ1) is 13.6. The number of rotatable bonds is 4. The molecular weight excluding hydrogens is 222 g/mol. The van der Waals surface area contributed by atoms with Crippen LogP contribution in [0.5, 0.6) is 0 Å². The van der Waals surface area contributed by atoms with Crippen molar-refractivity contribution in [3.8, 4) is 0 Å². The second-order valence-corrected chi connectivity index (χ2v) is 5.74. The quantitative estimate of drug-likeness (QED) is 0.883. The third-order valence-electron chi connectivity index (χ3n) is 4.17. The third-order valence-corrected chi connectivity index (χ3v) is 4.17. The summed E-state index contributed by atoms with van der Waals surface area (Å²) in [6, 6.07) is 9.16. The van der Waals surface area contributed by atoms with Gasteiger partial charge in [-0.2, -0.15) is 0 Å². The first-order valence-electron chi connectivity index (χ1n) is 6.98. The van der Waals surface area contributed by atoms with Gasteiger partial charge in [-0.1, -0.05) is 38.1 Å². The molecule has 1 aromatic carbocycles. The molecule has 0 bridgehead atoms. The van der Waals surface area contributed by atoms with Crippen LogP contribution in [0.2, 0.25) is 0 Å². The molecule has 1 aliphatic heterocycles. The van der Waals surface area contributed by atoms with Crippen LogP contribution in [-0.4, -0.2) is 26.8 Å². The predicted molar refractivity (Wildman–Crippen MR) is 76.2 cm³/mol. The topological polar surface area (TPSA) is 21.3 Å². The number of ether oxygens (including phenoxy) is 1. The molecule has 18 heavy (non-hydrogen) atoms. The van der Waals surface area contributed by atoms with E-state index < -0.39 is 0 Å². The summed E-state index contributed by atoms with van der Waals surface area (Å²) in [5.41, 5.74) is 3.07. The van der Waals surface area contributed by atoms with Crippen molar-refractivity contribution in [3.63, 3.8) is 0 Å². The van der Waals surface area contributed by atoms with Gasteiger partial charge in [0.2, 0.25) is 0 Å². The molecule has 100 valence electrons. The summed E-state index contributed by atoms with van der Waals surface area (Å²) in [6.45, 7) is 7.50. The number of benzene rings is 1. The summed E-state index contributed by atoms with van der Waals surface area (Å²) < 4.78 is 5.49. The van der Waals surface area contributed by atoms with Crippen LogP contribution in [0.15, 0.2) is 24.3 Å². The molecule has 2 heteroatoms. The molecule has 0 radical (unpaired) electrons. The van der Waals surface area contributed by atoms with Crippen LogP contribution in [0.4, 0.5) is 0 Å². The average molecular weight is 247 g/mol. The molecule has 0 amide bonds. The summed E-state index contributed by atoms with van der Waals surface area (Å²) in [4.78, 5) is 0. The molecule has 0 atom stereocenters. The van der Waals surface area contributed by atoms with Gasteiger partial charge in [-0.25, -0.2) is 0 Å². The van der Waals surface area contributed by atoms with Gasteiger partial charge in [0.1, 0.15) is 0 Å². The van der Waals surface area contributed by atoms with Gasteiger partial charge in [-0.05, 0) is 43.0 Å². The zero-order valence-electron chi connectivity index (χ0n) is 11.8. The van der Waals surface area contributed by atoms with Gasteiger partial charge in [-0.15, -0.1) is 0 Å². The van der Waals surface area contributed by atoms with Crippen LogP contribution in [0.3, 0.4) is 0 Å². The Hall–Kier alpha value is -0.860. The zero-order chi connectivity index (χ0) is 13.0. The van der Waals surface area contributed by atoms with E-state index in [0.29, 0.717) is 5.92 Å². The Balaban J connectivity index is 2.24. The fourth-order valence-electron chi connectivity index (χ4n) is 2.92. The minimum absolute atomic E-state index is 0.218. The second kappa shape index (κ2) is 5.85. The van der Waals surface area contributed by atoms with Gasteiger partial charge < -0.3 is 10.1 Å². The number of piperidine rings is 1. The van der Waals surface area contributed by atoms with Crippen LogP contribution in [0, 0.1) is 0 Å². The van der Waals surface area contributed by atoms with E-state index in [1.165, 1.54) is 24.0 Å². The van der Waals surface area contributed by atoms with Crippen LogP contribution in [0.25, 0.3) is 0 Å². The summed E-state index contributed by atoms with van der Waals surface area (Å²) in [5.74, 6) is 0.602. The summed E-state index contributed by atoms with van der Waals surface area (Å²) >= 11 is 0. The summed E-state index contributed by atoms with van der Waals surface area (Å²) in [5, 5.41) is 3.44. The number of hydrogen-bond donors (Lipinski definition) is 1. The van der Waals surface area contributed by atoms with Crippen molar-refractivity contribution in [1.82, 2.24) is 5.32 Å². The van der Waals surface area contributed by atoms with Crippen molar-refractivity contribution >= 4 is 0 Å². The molecular formula is C16H25NO. The number of methoxy groups -OCH3 is 1. The maximum atomic E-state index is 5.49. The number of hydrogen-bond acceptors (Lipinski definition) is 2. The van der Waals surface area contributed by atoms with Crippen molar-refractivity contribution in [1.29, 1.82) is 0 Å². The lowest BCUT2D eigenvalue weighted by molar-refractivity contribution is 0.108. The predicted octanol–water partition coefficient (Wildman–Crippen LogP) is 3.08. The minimum Gasteiger partial charge on any atom is -0.384 e. The Morgan fingerprint density at radius 2 is 1.78 bits per heavy atom. The largest absolute Gasteiger partial charge is 0.384 e. The lowest BCUT2D eigenvalue weighted by Crippen LogP contribution is -2.42. The molecule has 1 aliphatic rings. The Kier molecular flexibility index (Phi) is 4.41. The SMILES string of the molecule is COCC1(c2ccc(C(C)C)cc2)CCNCC1. The molecule has 0 unspecified atom stereocenters. The molecule has 2 rings (SSSR count). The van der Waals surface area contributed by atoms with E-state index in [0.717, 1.165) is 19.7 Å². The lowest BCUT2D eigenvalue weighted by atomic mass is 9.73. The molecule has 1 N–H and O–H groups in total. The average Bonchev–Trinajstić information content (AvgIpc) is 2.40. The van der Waals surface area contributed by atoms with E-state index in [-0.39, 0.29) is 5.41 Å². The van der Waals surface area contributed by atoms with Gasteiger partial charge in [0.15, 0.2) is 0 Å².